The van der Waals surface area contributed by atoms with Gasteiger partial charge in [0.25, 0.3) is 0 Å². The van der Waals surface area contributed by atoms with Crippen molar-refractivity contribution in [2.24, 2.45) is 16.6 Å². The van der Waals surface area contributed by atoms with Crippen LogP contribution in [0.2, 0.25) is 0 Å². The van der Waals surface area contributed by atoms with E-state index in [4.69, 9.17) is 17.3 Å². The number of rotatable bonds is 5. The van der Waals surface area contributed by atoms with E-state index in [-0.39, 0.29) is 0 Å². The summed E-state index contributed by atoms with van der Waals surface area (Å²) in [6.07, 6.45) is 0.937. The van der Waals surface area contributed by atoms with Crippen LogP contribution in [0.5, 0.6) is 0 Å². The number of thiophene rings is 1. The molecule has 0 fully saturated rings. The molecule has 0 aromatic carbocycles. The van der Waals surface area contributed by atoms with Gasteiger partial charge in [-0.2, -0.15) is 0 Å². The molecular formula is C15H22N6S. The summed E-state index contributed by atoms with van der Waals surface area (Å²) in [7, 11) is 0. The van der Waals surface area contributed by atoms with E-state index in [0.717, 1.165) is 33.8 Å². The zero-order valence-electron chi connectivity index (χ0n) is 13.1. The van der Waals surface area contributed by atoms with E-state index >= 15 is 0 Å². The standard InChI is InChI=1S/C15H22N6S/c1-4-10-6-11(15(21-18)22-10)14(17)19-7-12-8(2)5-13(16)20-9(12)3/h5-6,21H,4,7,18H2,1-3H3,(H2,16,20)(H2,17,19). The molecule has 0 aliphatic rings. The monoisotopic (exact) mass is 318 g/mol. The summed E-state index contributed by atoms with van der Waals surface area (Å²) in [5.41, 5.74) is 18.4. The Morgan fingerprint density at radius 1 is 1.36 bits per heavy atom. The minimum Gasteiger partial charge on any atom is -0.384 e. The molecule has 2 aromatic heterocycles. The number of pyridine rings is 1. The lowest BCUT2D eigenvalue weighted by molar-refractivity contribution is 0.987. The molecule has 2 rings (SSSR count). The summed E-state index contributed by atoms with van der Waals surface area (Å²) >= 11 is 1.59. The number of anilines is 2. The van der Waals surface area contributed by atoms with Crippen LogP contribution in [-0.4, -0.2) is 10.8 Å². The fourth-order valence-corrected chi connectivity index (χ4v) is 3.21. The number of hydrogen-bond acceptors (Lipinski definition) is 6. The van der Waals surface area contributed by atoms with Gasteiger partial charge >= 0.3 is 0 Å². The lowest BCUT2D eigenvalue weighted by atomic mass is 10.1. The van der Waals surface area contributed by atoms with Gasteiger partial charge in [0.2, 0.25) is 0 Å². The number of nitrogens with zero attached hydrogens (tertiary/aromatic N) is 2. The quantitative estimate of drug-likeness (QED) is 0.292. The normalized spacial score (nSPS) is 11.7. The zero-order valence-corrected chi connectivity index (χ0v) is 13.9. The van der Waals surface area contributed by atoms with Gasteiger partial charge in [0.1, 0.15) is 16.7 Å². The smallest absolute Gasteiger partial charge is 0.129 e. The molecule has 6 nitrogen and oxygen atoms in total. The number of hydrogen-bond donors (Lipinski definition) is 4. The molecule has 0 saturated heterocycles. The van der Waals surface area contributed by atoms with Crippen molar-refractivity contribution in [3.05, 3.63) is 39.4 Å². The van der Waals surface area contributed by atoms with Crippen molar-refractivity contribution in [2.45, 2.75) is 33.7 Å². The maximum atomic E-state index is 6.13. The molecule has 0 atom stereocenters. The topological polar surface area (TPSA) is 115 Å². The van der Waals surface area contributed by atoms with E-state index in [0.29, 0.717) is 18.2 Å². The van der Waals surface area contributed by atoms with Crippen molar-refractivity contribution in [3.63, 3.8) is 0 Å². The van der Waals surface area contributed by atoms with Gasteiger partial charge in [-0.1, -0.05) is 6.92 Å². The number of aromatic nitrogens is 1. The lowest BCUT2D eigenvalue weighted by Crippen LogP contribution is -2.17. The van der Waals surface area contributed by atoms with Crippen LogP contribution in [0.1, 0.15) is 34.2 Å². The van der Waals surface area contributed by atoms with E-state index in [1.54, 1.807) is 11.3 Å². The molecular weight excluding hydrogens is 296 g/mol. The molecule has 0 unspecified atom stereocenters. The Hall–Kier alpha value is -2.12. The number of aliphatic imine (C=N–C) groups is 1. The molecule has 0 aliphatic carbocycles. The highest BCUT2D eigenvalue weighted by Gasteiger charge is 2.11. The molecule has 7 heteroatoms. The number of amidine groups is 1. The molecule has 0 aliphatic heterocycles. The fraction of sp³-hybridized carbons (Fsp3) is 0.333. The van der Waals surface area contributed by atoms with Gasteiger partial charge in [0, 0.05) is 10.6 Å². The molecule has 2 heterocycles. The van der Waals surface area contributed by atoms with Gasteiger partial charge in [-0.3, -0.25) is 4.99 Å². The third-order valence-electron chi connectivity index (χ3n) is 3.52. The van der Waals surface area contributed by atoms with Crippen LogP contribution in [0.3, 0.4) is 0 Å². The number of hydrazine groups is 1. The number of nitrogens with two attached hydrogens (primary N) is 3. The summed E-state index contributed by atoms with van der Waals surface area (Å²) in [6, 6.07) is 3.88. The van der Waals surface area contributed by atoms with Gasteiger partial charge in [-0.05, 0) is 43.5 Å². The van der Waals surface area contributed by atoms with Gasteiger partial charge in [-0.25, -0.2) is 10.8 Å². The number of nitrogens with one attached hydrogen (secondary N) is 1. The average molecular weight is 318 g/mol. The largest absolute Gasteiger partial charge is 0.384 e. The Labute approximate surface area is 134 Å². The molecule has 22 heavy (non-hydrogen) atoms. The zero-order chi connectivity index (χ0) is 16.3. The molecule has 0 bridgehead atoms. The minimum absolute atomic E-state index is 0.470. The van der Waals surface area contributed by atoms with Crippen molar-refractivity contribution in [3.8, 4) is 0 Å². The lowest BCUT2D eigenvalue weighted by Gasteiger charge is -2.08. The Morgan fingerprint density at radius 2 is 2.09 bits per heavy atom. The second-order valence-corrected chi connectivity index (χ2v) is 6.22. The Kier molecular flexibility index (Phi) is 4.99. The molecule has 0 spiro atoms. The second kappa shape index (κ2) is 6.76. The van der Waals surface area contributed by atoms with Crippen LogP contribution in [0.15, 0.2) is 17.1 Å². The first-order valence-electron chi connectivity index (χ1n) is 7.08. The Morgan fingerprint density at radius 3 is 2.68 bits per heavy atom. The predicted molar refractivity (Wildman–Crippen MR) is 94.1 cm³/mol. The van der Waals surface area contributed by atoms with E-state index in [9.17, 15) is 0 Å². The second-order valence-electron chi connectivity index (χ2n) is 5.08. The first kappa shape index (κ1) is 16.3. The van der Waals surface area contributed by atoms with Crippen molar-refractivity contribution in [2.75, 3.05) is 11.2 Å². The first-order chi connectivity index (χ1) is 10.5. The average Bonchev–Trinajstić information content (AvgIpc) is 2.89. The SMILES string of the molecule is CCc1cc(C(N)=NCc2c(C)cc(N)nc2C)c(NN)s1. The summed E-state index contributed by atoms with van der Waals surface area (Å²) in [5.74, 6) is 6.55. The van der Waals surface area contributed by atoms with Gasteiger partial charge in [0.05, 0.1) is 12.1 Å². The molecule has 0 saturated carbocycles. The maximum Gasteiger partial charge on any atom is 0.129 e. The molecule has 118 valence electrons. The van der Waals surface area contributed by atoms with Crippen molar-refractivity contribution in [1.29, 1.82) is 0 Å². The number of nitrogen functional groups attached to an aromatic ring is 2. The van der Waals surface area contributed by atoms with Crippen LogP contribution in [0.4, 0.5) is 10.8 Å². The van der Waals surface area contributed by atoms with Gasteiger partial charge in [0.15, 0.2) is 0 Å². The van der Waals surface area contributed by atoms with E-state index in [1.807, 2.05) is 26.0 Å². The summed E-state index contributed by atoms with van der Waals surface area (Å²) in [6.45, 7) is 6.49. The fourth-order valence-electron chi connectivity index (χ4n) is 2.29. The summed E-state index contributed by atoms with van der Waals surface area (Å²) in [5, 5.41) is 0.835. The van der Waals surface area contributed by atoms with E-state index in [1.165, 1.54) is 4.88 Å². The van der Waals surface area contributed by atoms with Crippen molar-refractivity contribution in [1.82, 2.24) is 4.98 Å². The van der Waals surface area contributed by atoms with Crippen LogP contribution in [-0.2, 0) is 13.0 Å². The van der Waals surface area contributed by atoms with Crippen molar-refractivity contribution < 1.29 is 0 Å². The van der Waals surface area contributed by atoms with Gasteiger partial charge in [-0.15, -0.1) is 11.3 Å². The first-order valence-corrected chi connectivity index (χ1v) is 7.90. The Bertz CT molecular complexity index is 681. The van der Waals surface area contributed by atoms with Crippen LogP contribution >= 0.6 is 11.3 Å². The van der Waals surface area contributed by atoms with E-state index < -0.39 is 0 Å². The van der Waals surface area contributed by atoms with Crippen LogP contribution in [0, 0.1) is 13.8 Å². The minimum atomic E-state index is 0.470. The van der Waals surface area contributed by atoms with Crippen LogP contribution in [0.25, 0.3) is 0 Å². The van der Waals surface area contributed by atoms with E-state index in [2.05, 4.69) is 22.3 Å². The van der Waals surface area contributed by atoms with Gasteiger partial charge < -0.3 is 16.9 Å². The molecule has 0 amide bonds. The Balaban J connectivity index is 2.29. The summed E-state index contributed by atoms with van der Waals surface area (Å²) in [4.78, 5) is 9.98. The number of aryl methyl sites for hydroxylation is 3. The molecule has 7 N–H and O–H groups in total. The predicted octanol–water partition coefficient (Wildman–Crippen LogP) is 2.10. The third kappa shape index (κ3) is 3.37. The third-order valence-corrected chi connectivity index (χ3v) is 4.73. The maximum absolute atomic E-state index is 6.13. The molecule has 0 radical (unpaired) electrons. The molecule has 2 aromatic rings. The highest BCUT2D eigenvalue weighted by molar-refractivity contribution is 7.16. The van der Waals surface area contributed by atoms with Crippen molar-refractivity contribution >= 4 is 28.0 Å². The van der Waals surface area contributed by atoms with Crippen LogP contribution < -0.4 is 22.7 Å². The highest BCUT2D eigenvalue weighted by Crippen LogP contribution is 2.27. The summed E-state index contributed by atoms with van der Waals surface area (Å²) < 4.78 is 0. The highest BCUT2D eigenvalue weighted by atomic mass is 32.1.